The van der Waals surface area contributed by atoms with Gasteiger partial charge in [-0.25, -0.2) is 4.98 Å². The molecule has 8 nitrogen and oxygen atoms in total. The largest absolute Gasteiger partial charge is 0.361 e. The summed E-state index contributed by atoms with van der Waals surface area (Å²) >= 11 is 0. The summed E-state index contributed by atoms with van der Waals surface area (Å²) in [6.07, 6.45) is 8.67. The predicted molar refractivity (Wildman–Crippen MR) is 101 cm³/mol. The molecular formula is C20H22N6O2. The molecule has 1 amide bonds. The van der Waals surface area contributed by atoms with Crippen molar-refractivity contribution >= 4 is 5.91 Å². The van der Waals surface area contributed by atoms with E-state index in [9.17, 15) is 4.79 Å². The number of carbonyl (C=O) groups excluding carboxylic acids is 1. The second-order valence-electron chi connectivity index (χ2n) is 7.04. The van der Waals surface area contributed by atoms with Crippen LogP contribution in [0.15, 0.2) is 35.2 Å². The van der Waals surface area contributed by atoms with Crippen molar-refractivity contribution in [2.45, 2.75) is 45.6 Å². The summed E-state index contributed by atoms with van der Waals surface area (Å²) < 4.78 is 5.24. The zero-order valence-electron chi connectivity index (χ0n) is 16.0. The number of hydrogen-bond acceptors (Lipinski definition) is 7. The summed E-state index contributed by atoms with van der Waals surface area (Å²) in [4.78, 5) is 23.7. The van der Waals surface area contributed by atoms with Crippen LogP contribution in [0, 0.1) is 13.8 Å². The lowest BCUT2D eigenvalue weighted by atomic mass is 10.1. The van der Waals surface area contributed by atoms with Gasteiger partial charge in [0.15, 0.2) is 5.69 Å². The first-order valence-electron chi connectivity index (χ1n) is 9.46. The van der Waals surface area contributed by atoms with Crippen LogP contribution in [-0.4, -0.2) is 48.7 Å². The van der Waals surface area contributed by atoms with Gasteiger partial charge in [0.1, 0.15) is 5.76 Å². The van der Waals surface area contributed by atoms with E-state index in [4.69, 9.17) is 9.51 Å². The maximum atomic E-state index is 12.7. The molecule has 0 aliphatic carbocycles. The number of carbonyl (C=O) groups is 1. The van der Waals surface area contributed by atoms with E-state index in [1.807, 2.05) is 18.7 Å². The van der Waals surface area contributed by atoms with Gasteiger partial charge in [0.25, 0.3) is 5.91 Å². The van der Waals surface area contributed by atoms with Gasteiger partial charge >= 0.3 is 0 Å². The third-order valence-corrected chi connectivity index (χ3v) is 5.14. The maximum Gasteiger partial charge on any atom is 0.274 e. The number of hydrogen-bond donors (Lipinski definition) is 0. The van der Waals surface area contributed by atoms with Crippen molar-refractivity contribution < 1.29 is 9.32 Å². The average Bonchev–Trinajstić information content (AvgIpc) is 3.33. The van der Waals surface area contributed by atoms with Gasteiger partial charge in [-0.05, 0) is 51.7 Å². The molecule has 1 aliphatic rings. The molecule has 1 fully saturated rings. The van der Waals surface area contributed by atoms with Crippen LogP contribution in [0.25, 0.3) is 11.3 Å². The Bertz CT molecular complexity index is 952. The average molecular weight is 378 g/mol. The zero-order valence-corrected chi connectivity index (χ0v) is 16.0. The van der Waals surface area contributed by atoms with Crippen molar-refractivity contribution in [3.8, 4) is 11.3 Å². The van der Waals surface area contributed by atoms with Gasteiger partial charge in [-0.15, -0.1) is 5.10 Å². The van der Waals surface area contributed by atoms with Crippen LogP contribution in [0.3, 0.4) is 0 Å². The monoisotopic (exact) mass is 378 g/mol. The van der Waals surface area contributed by atoms with E-state index in [2.05, 4.69) is 20.3 Å². The Hall–Kier alpha value is -3.16. The van der Waals surface area contributed by atoms with Crippen LogP contribution < -0.4 is 0 Å². The highest BCUT2D eigenvalue weighted by molar-refractivity contribution is 5.92. The minimum atomic E-state index is -0.0499. The Balaban J connectivity index is 1.46. The van der Waals surface area contributed by atoms with E-state index in [0.717, 1.165) is 60.6 Å². The van der Waals surface area contributed by atoms with Crippen molar-refractivity contribution in [1.82, 2.24) is 30.2 Å². The van der Waals surface area contributed by atoms with Crippen molar-refractivity contribution in [1.29, 1.82) is 0 Å². The van der Waals surface area contributed by atoms with Crippen molar-refractivity contribution in [3.63, 3.8) is 0 Å². The normalized spacial score (nSPS) is 16.5. The van der Waals surface area contributed by atoms with E-state index in [0.29, 0.717) is 5.69 Å². The first kappa shape index (κ1) is 18.2. The number of amides is 1. The van der Waals surface area contributed by atoms with Crippen LogP contribution in [0.5, 0.6) is 0 Å². The highest BCUT2D eigenvalue weighted by Gasteiger charge is 2.30. The van der Waals surface area contributed by atoms with Crippen molar-refractivity contribution in [2.75, 3.05) is 6.54 Å². The molecule has 3 aromatic rings. The second-order valence-corrected chi connectivity index (χ2v) is 7.04. The zero-order chi connectivity index (χ0) is 19.5. The van der Waals surface area contributed by atoms with Gasteiger partial charge in [-0.3, -0.25) is 9.78 Å². The molecule has 0 radical (unpaired) electrons. The molecule has 0 N–H and O–H groups in total. The van der Waals surface area contributed by atoms with Gasteiger partial charge in [-0.2, -0.15) is 5.10 Å². The Kier molecular flexibility index (Phi) is 5.10. The molecule has 1 atom stereocenters. The maximum absolute atomic E-state index is 12.7. The van der Waals surface area contributed by atoms with Crippen LogP contribution >= 0.6 is 0 Å². The summed E-state index contributed by atoms with van der Waals surface area (Å²) in [7, 11) is 0. The van der Waals surface area contributed by atoms with E-state index in [1.54, 1.807) is 30.7 Å². The molecular weight excluding hydrogens is 356 g/mol. The Morgan fingerprint density at radius 1 is 1.32 bits per heavy atom. The summed E-state index contributed by atoms with van der Waals surface area (Å²) in [6.45, 7) is 4.53. The van der Waals surface area contributed by atoms with Crippen molar-refractivity contribution in [2.24, 2.45) is 0 Å². The molecule has 8 heteroatoms. The van der Waals surface area contributed by atoms with Crippen LogP contribution in [0.1, 0.15) is 46.9 Å². The second kappa shape index (κ2) is 7.84. The molecule has 1 aliphatic heterocycles. The van der Waals surface area contributed by atoms with E-state index >= 15 is 0 Å². The fourth-order valence-corrected chi connectivity index (χ4v) is 3.78. The highest BCUT2D eigenvalue weighted by Crippen LogP contribution is 2.26. The first-order valence-corrected chi connectivity index (χ1v) is 9.46. The topological polar surface area (TPSA) is 97.9 Å². The third-order valence-electron chi connectivity index (χ3n) is 5.14. The lowest BCUT2D eigenvalue weighted by molar-refractivity contribution is 0.0723. The summed E-state index contributed by atoms with van der Waals surface area (Å²) in [5, 5.41) is 11.8. The first-order chi connectivity index (χ1) is 13.6. The lowest BCUT2D eigenvalue weighted by Crippen LogP contribution is -2.36. The van der Waals surface area contributed by atoms with Crippen LogP contribution in [0.2, 0.25) is 0 Å². The SMILES string of the molecule is Cc1noc(C)c1-c1cncc(CCC2CCCN2C(=O)c2cccnn2)n1. The summed E-state index contributed by atoms with van der Waals surface area (Å²) in [5.41, 5.74) is 3.77. The van der Waals surface area contributed by atoms with Gasteiger partial charge in [0.05, 0.1) is 28.8 Å². The molecule has 144 valence electrons. The fourth-order valence-electron chi connectivity index (χ4n) is 3.78. The van der Waals surface area contributed by atoms with E-state index in [-0.39, 0.29) is 11.9 Å². The molecule has 0 spiro atoms. The lowest BCUT2D eigenvalue weighted by Gasteiger charge is -2.24. The number of aromatic nitrogens is 5. The van der Waals surface area contributed by atoms with Crippen molar-refractivity contribution in [3.05, 3.63) is 53.6 Å². The number of aryl methyl sites for hydroxylation is 3. The number of rotatable bonds is 5. The molecule has 3 aromatic heterocycles. The standard InChI is InChI=1S/C20H22N6O2/c1-13-19(14(2)28-25-13)18-12-21-11-15(23-18)7-8-16-5-4-10-26(16)20(27)17-6-3-9-22-24-17/h3,6,9,11-12,16H,4-5,7-8,10H2,1-2H3. The van der Waals surface area contributed by atoms with Gasteiger partial charge in [0, 0.05) is 25.0 Å². The minimum Gasteiger partial charge on any atom is -0.361 e. The Morgan fingerprint density at radius 2 is 2.21 bits per heavy atom. The van der Waals surface area contributed by atoms with E-state index in [1.165, 1.54) is 0 Å². The molecule has 4 rings (SSSR count). The number of likely N-dealkylation sites (tertiary alicyclic amines) is 1. The quantitative estimate of drug-likeness (QED) is 0.673. The smallest absolute Gasteiger partial charge is 0.274 e. The van der Waals surface area contributed by atoms with Gasteiger partial charge < -0.3 is 9.42 Å². The Morgan fingerprint density at radius 3 is 2.96 bits per heavy atom. The summed E-state index contributed by atoms with van der Waals surface area (Å²) in [6, 6.07) is 3.63. The Labute approximate surface area is 163 Å². The molecule has 1 unspecified atom stereocenters. The molecule has 0 saturated carbocycles. The van der Waals surface area contributed by atoms with Gasteiger partial charge in [0.2, 0.25) is 0 Å². The summed E-state index contributed by atoms with van der Waals surface area (Å²) in [5.74, 6) is 0.687. The van der Waals surface area contributed by atoms with E-state index < -0.39 is 0 Å². The molecule has 0 aromatic carbocycles. The number of nitrogens with zero attached hydrogens (tertiary/aromatic N) is 6. The molecule has 0 bridgehead atoms. The molecule has 28 heavy (non-hydrogen) atoms. The predicted octanol–water partition coefficient (Wildman–Crippen LogP) is 2.78. The fraction of sp³-hybridized carbons (Fsp3) is 0.400. The van der Waals surface area contributed by atoms with Crippen LogP contribution in [0.4, 0.5) is 0 Å². The highest BCUT2D eigenvalue weighted by atomic mass is 16.5. The molecule has 1 saturated heterocycles. The third kappa shape index (κ3) is 3.62. The van der Waals surface area contributed by atoms with Gasteiger partial charge in [-0.1, -0.05) is 5.16 Å². The van der Waals surface area contributed by atoms with Crippen LogP contribution in [-0.2, 0) is 6.42 Å². The molecule has 4 heterocycles. The minimum absolute atomic E-state index is 0.0499.